The van der Waals surface area contributed by atoms with Crippen molar-refractivity contribution in [1.82, 2.24) is 4.90 Å². The Morgan fingerprint density at radius 1 is 1.50 bits per heavy atom. The summed E-state index contributed by atoms with van der Waals surface area (Å²) in [5, 5.41) is 0. The van der Waals surface area contributed by atoms with Gasteiger partial charge in [0.15, 0.2) is 0 Å². The average Bonchev–Trinajstić information content (AvgIpc) is 2.25. The molecule has 3 nitrogen and oxygen atoms in total. The van der Waals surface area contributed by atoms with E-state index < -0.39 is 0 Å². The van der Waals surface area contributed by atoms with Crippen LogP contribution in [0.4, 0.5) is 0 Å². The predicted octanol–water partition coefficient (Wildman–Crippen LogP) is 2.01. The minimum atomic E-state index is 0.303. The quantitative estimate of drug-likeness (QED) is 0.797. The first kappa shape index (κ1) is 13.5. The molecule has 3 unspecified atom stereocenters. The minimum Gasteiger partial charge on any atom is -0.340 e. The van der Waals surface area contributed by atoms with E-state index in [4.69, 9.17) is 5.73 Å². The van der Waals surface area contributed by atoms with Crippen LogP contribution in [-0.4, -0.2) is 29.9 Å². The Kier molecular flexibility index (Phi) is 5.26. The molecule has 1 amide bonds. The number of hydrogen-bond acceptors (Lipinski definition) is 2. The van der Waals surface area contributed by atoms with Gasteiger partial charge in [-0.05, 0) is 38.1 Å². The van der Waals surface area contributed by atoms with Gasteiger partial charge in [0.1, 0.15) is 0 Å². The fourth-order valence-corrected chi connectivity index (χ4v) is 2.54. The van der Waals surface area contributed by atoms with Gasteiger partial charge in [-0.25, -0.2) is 0 Å². The van der Waals surface area contributed by atoms with Crippen molar-refractivity contribution in [3.8, 4) is 0 Å². The molecule has 94 valence electrons. The van der Waals surface area contributed by atoms with Gasteiger partial charge in [-0.3, -0.25) is 4.79 Å². The van der Waals surface area contributed by atoms with E-state index in [2.05, 4.69) is 25.7 Å². The highest BCUT2D eigenvalue weighted by Gasteiger charge is 2.27. The number of carbonyl (C=O) groups is 1. The summed E-state index contributed by atoms with van der Waals surface area (Å²) < 4.78 is 0. The van der Waals surface area contributed by atoms with Gasteiger partial charge < -0.3 is 10.6 Å². The Morgan fingerprint density at radius 3 is 2.69 bits per heavy atom. The number of hydrogen-bond donors (Lipinski definition) is 1. The maximum atomic E-state index is 12.1. The molecule has 16 heavy (non-hydrogen) atoms. The van der Waals surface area contributed by atoms with Crippen molar-refractivity contribution < 1.29 is 4.79 Å². The second kappa shape index (κ2) is 6.24. The third kappa shape index (κ3) is 3.48. The van der Waals surface area contributed by atoms with Crippen molar-refractivity contribution in [1.29, 1.82) is 0 Å². The van der Waals surface area contributed by atoms with Crippen molar-refractivity contribution in [2.75, 3.05) is 13.1 Å². The average molecular weight is 226 g/mol. The molecule has 1 aliphatic rings. The monoisotopic (exact) mass is 226 g/mol. The summed E-state index contributed by atoms with van der Waals surface area (Å²) in [6.07, 6.45) is 3.92. The minimum absolute atomic E-state index is 0.303. The Labute approximate surface area is 99.4 Å². The van der Waals surface area contributed by atoms with Gasteiger partial charge in [0.2, 0.25) is 5.91 Å². The maximum absolute atomic E-state index is 12.1. The summed E-state index contributed by atoms with van der Waals surface area (Å²) >= 11 is 0. The molecule has 3 atom stereocenters. The standard InChI is InChI=1S/C13H26N2O/c1-4-12(9-14)8-13(16)15-6-5-10(2)7-11(15)3/h10-12H,4-9,14H2,1-3H3. The highest BCUT2D eigenvalue weighted by atomic mass is 16.2. The van der Waals surface area contributed by atoms with Crippen LogP contribution in [0.2, 0.25) is 0 Å². The fraction of sp³-hybridized carbons (Fsp3) is 0.923. The number of rotatable bonds is 4. The zero-order chi connectivity index (χ0) is 12.1. The first-order valence-electron chi connectivity index (χ1n) is 6.58. The van der Waals surface area contributed by atoms with Gasteiger partial charge in [-0.2, -0.15) is 0 Å². The molecule has 0 aliphatic carbocycles. The van der Waals surface area contributed by atoms with E-state index in [1.807, 2.05) is 0 Å². The molecule has 1 saturated heterocycles. The normalized spacial score (nSPS) is 27.9. The van der Waals surface area contributed by atoms with E-state index in [-0.39, 0.29) is 0 Å². The number of nitrogens with zero attached hydrogens (tertiary/aromatic N) is 1. The Morgan fingerprint density at radius 2 is 2.19 bits per heavy atom. The number of nitrogens with two attached hydrogens (primary N) is 1. The van der Waals surface area contributed by atoms with Crippen molar-refractivity contribution in [2.45, 2.75) is 52.5 Å². The molecule has 1 aliphatic heterocycles. The molecule has 0 saturated carbocycles. The molecular formula is C13H26N2O. The van der Waals surface area contributed by atoms with Gasteiger partial charge in [0.05, 0.1) is 0 Å². The second-order valence-electron chi connectivity index (χ2n) is 5.28. The van der Waals surface area contributed by atoms with Crippen LogP contribution in [0.1, 0.15) is 46.5 Å². The van der Waals surface area contributed by atoms with E-state index in [1.165, 1.54) is 0 Å². The Hall–Kier alpha value is -0.570. The van der Waals surface area contributed by atoms with E-state index in [9.17, 15) is 4.79 Å². The summed E-state index contributed by atoms with van der Waals surface area (Å²) in [6.45, 7) is 8.10. The van der Waals surface area contributed by atoms with Gasteiger partial charge in [0, 0.05) is 19.0 Å². The van der Waals surface area contributed by atoms with Gasteiger partial charge >= 0.3 is 0 Å². The summed E-state index contributed by atoms with van der Waals surface area (Å²) in [4.78, 5) is 14.2. The highest BCUT2D eigenvalue weighted by Crippen LogP contribution is 2.23. The molecule has 0 aromatic carbocycles. The van der Waals surface area contributed by atoms with Crippen molar-refractivity contribution in [3.05, 3.63) is 0 Å². The predicted molar refractivity (Wildman–Crippen MR) is 67.0 cm³/mol. The number of piperidine rings is 1. The third-order valence-corrected chi connectivity index (χ3v) is 3.83. The fourth-order valence-electron chi connectivity index (χ4n) is 2.54. The topological polar surface area (TPSA) is 46.3 Å². The van der Waals surface area contributed by atoms with Crippen LogP contribution in [0.15, 0.2) is 0 Å². The van der Waals surface area contributed by atoms with Crippen LogP contribution < -0.4 is 5.73 Å². The molecular weight excluding hydrogens is 200 g/mol. The van der Waals surface area contributed by atoms with E-state index in [0.717, 1.165) is 31.7 Å². The van der Waals surface area contributed by atoms with Crippen LogP contribution in [-0.2, 0) is 4.79 Å². The van der Waals surface area contributed by atoms with Crippen molar-refractivity contribution in [3.63, 3.8) is 0 Å². The number of likely N-dealkylation sites (tertiary alicyclic amines) is 1. The summed E-state index contributed by atoms with van der Waals surface area (Å²) in [5.74, 6) is 1.42. The van der Waals surface area contributed by atoms with Crippen LogP contribution in [0, 0.1) is 11.8 Å². The number of amides is 1. The van der Waals surface area contributed by atoms with Gasteiger partial charge in [-0.15, -0.1) is 0 Å². The Bertz CT molecular complexity index is 226. The largest absolute Gasteiger partial charge is 0.340 e. The van der Waals surface area contributed by atoms with Crippen LogP contribution in [0.25, 0.3) is 0 Å². The number of carbonyl (C=O) groups excluding carboxylic acids is 1. The molecule has 0 aromatic rings. The van der Waals surface area contributed by atoms with Crippen LogP contribution >= 0.6 is 0 Å². The lowest BCUT2D eigenvalue weighted by molar-refractivity contribution is -0.136. The lowest BCUT2D eigenvalue weighted by Crippen LogP contribution is -2.45. The van der Waals surface area contributed by atoms with Crippen LogP contribution in [0.5, 0.6) is 0 Å². The first-order chi connectivity index (χ1) is 7.58. The molecule has 0 spiro atoms. The molecule has 1 rings (SSSR count). The van der Waals surface area contributed by atoms with Crippen molar-refractivity contribution >= 4 is 5.91 Å². The SMILES string of the molecule is CCC(CN)CC(=O)N1CCC(C)CC1C. The van der Waals surface area contributed by atoms with Gasteiger partial charge in [-0.1, -0.05) is 20.3 Å². The zero-order valence-corrected chi connectivity index (χ0v) is 10.9. The van der Waals surface area contributed by atoms with E-state index in [0.29, 0.717) is 30.8 Å². The summed E-state index contributed by atoms with van der Waals surface area (Å²) in [6, 6.07) is 0.409. The molecule has 3 heteroatoms. The van der Waals surface area contributed by atoms with Gasteiger partial charge in [0.25, 0.3) is 0 Å². The van der Waals surface area contributed by atoms with E-state index >= 15 is 0 Å². The van der Waals surface area contributed by atoms with Crippen molar-refractivity contribution in [2.24, 2.45) is 17.6 Å². The summed E-state index contributed by atoms with van der Waals surface area (Å²) in [7, 11) is 0. The molecule has 2 N–H and O–H groups in total. The highest BCUT2D eigenvalue weighted by molar-refractivity contribution is 5.76. The van der Waals surface area contributed by atoms with Crippen LogP contribution in [0.3, 0.4) is 0 Å². The zero-order valence-electron chi connectivity index (χ0n) is 10.9. The second-order valence-corrected chi connectivity index (χ2v) is 5.28. The smallest absolute Gasteiger partial charge is 0.223 e. The molecule has 0 bridgehead atoms. The first-order valence-corrected chi connectivity index (χ1v) is 6.58. The lowest BCUT2D eigenvalue weighted by Gasteiger charge is -2.37. The molecule has 1 heterocycles. The third-order valence-electron chi connectivity index (χ3n) is 3.83. The maximum Gasteiger partial charge on any atom is 0.223 e. The Balaban J connectivity index is 2.47. The molecule has 0 radical (unpaired) electrons. The summed E-state index contributed by atoms with van der Waals surface area (Å²) in [5.41, 5.74) is 5.65. The molecule has 0 aromatic heterocycles. The molecule has 1 fully saturated rings. The van der Waals surface area contributed by atoms with E-state index in [1.54, 1.807) is 0 Å². The lowest BCUT2D eigenvalue weighted by atomic mass is 9.92.